The Morgan fingerprint density at radius 1 is 1.29 bits per heavy atom. The standard InChI is InChI=1S/C16H20BrN3O/c1-2-6-13-15(16(21)19-9-4-3-5-10-19)20-11-12(17)7-8-14(20)18-13/h7-8,11H,2-6,9-10H2,1H3. The fraction of sp³-hybridized carbons (Fsp3) is 0.500. The molecule has 0 spiro atoms. The van der Waals surface area contributed by atoms with E-state index in [0.29, 0.717) is 0 Å². The number of hydrogen-bond donors (Lipinski definition) is 0. The van der Waals surface area contributed by atoms with Crippen molar-refractivity contribution >= 4 is 27.5 Å². The number of rotatable bonds is 3. The second-order valence-corrected chi connectivity index (χ2v) is 6.50. The second-order valence-electron chi connectivity index (χ2n) is 5.59. The van der Waals surface area contributed by atoms with Gasteiger partial charge in [0.25, 0.3) is 5.91 Å². The Hall–Kier alpha value is -1.36. The van der Waals surface area contributed by atoms with Crippen molar-refractivity contribution in [1.29, 1.82) is 0 Å². The fourth-order valence-electron chi connectivity index (χ4n) is 2.95. The van der Waals surface area contributed by atoms with E-state index >= 15 is 0 Å². The van der Waals surface area contributed by atoms with Crippen LogP contribution in [0.4, 0.5) is 0 Å². The highest BCUT2D eigenvalue weighted by Gasteiger charge is 2.25. The molecule has 1 aliphatic rings. The molecule has 1 saturated heterocycles. The van der Waals surface area contributed by atoms with E-state index in [9.17, 15) is 4.79 Å². The lowest BCUT2D eigenvalue weighted by atomic mass is 10.1. The van der Waals surface area contributed by atoms with Crippen molar-refractivity contribution < 1.29 is 4.79 Å². The molecule has 2 aromatic heterocycles. The Kier molecular flexibility index (Phi) is 4.29. The van der Waals surface area contributed by atoms with E-state index in [-0.39, 0.29) is 5.91 Å². The summed E-state index contributed by atoms with van der Waals surface area (Å²) in [6.07, 6.45) is 7.22. The van der Waals surface area contributed by atoms with Crippen LogP contribution in [-0.2, 0) is 6.42 Å². The lowest BCUT2D eigenvalue weighted by Gasteiger charge is -2.26. The van der Waals surface area contributed by atoms with Gasteiger partial charge in [-0.25, -0.2) is 4.98 Å². The van der Waals surface area contributed by atoms with Crippen LogP contribution in [0.15, 0.2) is 22.8 Å². The summed E-state index contributed by atoms with van der Waals surface area (Å²) < 4.78 is 2.90. The number of halogens is 1. The summed E-state index contributed by atoms with van der Waals surface area (Å²) in [5.41, 5.74) is 2.52. The van der Waals surface area contributed by atoms with Gasteiger partial charge in [-0.3, -0.25) is 9.20 Å². The third-order valence-electron chi connectivity index (χ3n) is 3.99. The van der Waals surface area contributed by atoms with Gasteiger partial charge in [-0.05, 0) is 53.7 Å². The number of hydrogen-bond acceptors (Lipinski definition) is 2. The van der Waals surface area contributed by atoms with Gasteiger partial charge in [0.15, 0.2) is 0 Å². The summed E-state index contributed by atoms with van der Waals surface area (Å²) in [4.78, 5) is 19.6. The van der Waals surface area contributed by atoms with Gasteiger partial charge >= 0.3 is 0 Å². The largest absolute Gasteiger partial charge is 0.337 e. The molecule has 2 aromatic rings. The van der Waals surface area contributed by atoms with Crippen LogP contribution < -0.4 is 0 Å². The zero-order valence-electron chi connectivity index (χ0n) is 12.3. The molecule has 0 aliphatic carbocycles. The summed E-state index contributed by atoms with van der Waals surface area (Å²) in [5, 5.41) is 0. The van der Waals surface area contributed by atoms with E-state index in [1.165, 1.54) is 6.42 Å². The van der Waals surface area contributed by atoms with Crippen LogP contribution in [0.25, 0.3) is 5.65 Å². The SMILES string of the molecule is CCCc1nc2ccc(Br)cn2c1C(=O)N1CCCCC1. The minimum absolute atomic E-state index is 0.128. The second kappa shape index (κ2) is 6.18. The van der Waals surface area contributed by atoms with E-state index < -0.39 is 0 Å². The van der Waals surface area contributed by atoms with Crippen LogP contribution in [-0.4, -0.2) is 33.3 Å². The third-order valence-corrected chi connectivity index (χ3v) is 4.46. The number of fused-ring (bicyclic) bond motifs is 1. The van der Waals surface area contributed by atoms with Crippen LogP contribution >= 0.6 is 15.9 Å². The molecular formula is C16H20BrN3O. The van der Waals surface area contributed by atoms with Crippen LogP contribution in [0.2, 0.25) is 0 Å². The lowest BCUT2D eigenvalue weighted by molar-refractivity contribution is 0.0716. The average molecular weight is 350 g/mol. The van der Waals surface area contributed by atoms with Crippen LogP contribution in [0, 0.1) is 0 Å². The number of aryl methyl sites for hydroxylation is 1. The Labute approximate surface area is 133 Å². The molecule has 4 nitrogen and oxygen atoms in total. The molecule has 3 heterocycles. The predicted molar refractivity (Wildman–Crippen MR) is 86.6 cm³/mol. The number of carbonyl (C=O) groups is 1. The summed E-state index contributed by atoms with van der Waals surface area (Å²) in [6.45, 7) is 3.85. The monoisotopic (exact) mass is 349 g/mol. The molecule has 1 amide bonds. The maximum absolute atomic E-state index is 12.9. The molecule has 0 saturated carbocycles. The van der Waals surface area contributed by atoms with Gasteiger partial charge in [-0.2, -0.15) is 0 Å². The van der Waals surface area contributed by atoms with E-state index in [2.05, 4.69) is 27.8 Å². The van der Waals surface area contributed by atoms with Crippen molar-refractivity contribution in [3.63, 3.8) is 0 Å². The van der Waals surface area contributed by atoms with Crippen molar-refractivity contribution in [1.82, 2.24) is 14.3 Å². The van der Waals surface area contributed by atoms with Crippen molar-refractivity contribution in [2.24, 2.45) is 0 Å². The van der Waals surface area contributed by atoms with Gasteiger partial charge in [0.2, 0.25) is 0 Å². The zero-order valence-corrected chi connectivity index (χ0v) is 13.9. The molecule has 5 heteroatoms. The smallest absolute Gasteiger partial charge is 0.272 e. The van der Waals surface area contributed by atoms with Crippen molar-refractivity contribution in [2.75, 3.05) is 13.1 Å². The summed E-state index contributed by atoms with van der Waals surface area (Å²) in [6, 6.07) is 3.92. The molecule has 0 unspecified atom stereocenters. The van der Waals surface area contributed by atoms with E-state index in [1.807, 2.05) is 27.6 Å². The van der Waals surface area contributed by atoms with E-state index in [0.717, 1.165) is 60.3 Å². The maximum atomic E-state index is 12.9. The number of piperidine rings is 1. The van der Waals surface area contributed by atoms with E-state index in [1.54, 1.807) is 0 Å². The molecule has 1 aliphatic heterocycles. The summed E-state index contributed by atoms with van der Waals surface area (Å²) >= 11 is 3.49. The first-order valence-corrected chi connectivity index (χ1v) is 8.45. The molecule has 1 fully saturated rings. The molecule has 21 heavy (non-hydrogen) atoms. The Morgan fingerprint density at radius 3 is 2.76 bits per heavy atom. The number of likely N-dealkylation sites (tertiary alicyclic amines) is 1. The Balaban J connectivity index is 2.07. The fourth-order valence-corrected chi connectivity index (χ4v) is 3.29. The van der Waals surface area contributed by atoms with Gasteiger partial charge in [-0.1, -0.05) is 13.3 Å². The molecule has 112 valence electrons. The molecule has 0 atom stereocenters. The van der Waals surface area contributed by atoms with Crippen LogP contribution in [0.1, 0.15) is 48.8 Å². The Morgan fingerprint density at radius 2 is 2.05 bits per heavy atom. The quantitative estimate of drug-likeness (QED) is 0.847. The normalized spacial score (nSPS) is 15.6. The number of carbonyl (C=O) groups excluding carboxylic acids is 1. The first-order chi connectivity index (χ1) is 10.2. The average Bonchev–Trinajstić information content (AvgIpc) is 2.85. The van der Waals surface area contributed by atoms with Crippen molar-refractivity contribution in [3.8, 4) is 0 Å². The van der Waals surface area contributed by atoms with Gasteiger partial charge in [0.05, 0.1) is 5.69 Å². The Bertz CT molecular complexity index is 659. The summed E-state index contributed by atoms with van der Waals surface area (Å²) in [5.74, 6) is 0.128. The maximum Gasteiger partial charge on any atom is 0.272 e. The molecule has 0 bridgehead atoms. The highest BCUT2D eigenvalue weighted by Crippen LogP contribution is 2.21. The lowest BCUT2D eigenvalue weighted by Crippen LogP contribution is -2.36. The number of amides is 1. The van der Waals surface area contributed by atoms with Crippen molar-refractivity contribution in [2.45, 2.75) is 39.0 Å². The molecule has 0 radical (unpaired) electrons. The highest BCUT2D eigenvalue weighted by molar-refractivity contribution is 9.10. The highest BCUT2D eigenvalue weighted by atomic mass is 79.9. The number of imidazole rings is 1. The van der Waals surface area contributed by atoms with Crippen molar-refractivity contribution in [3.05, 3.63) is 34.2 Å². The zero-order chi connectivity index (χ0) is 14.8. The minimum Gasteiger partial charge on any atom is -0.337 e. The third kappa shape index (κ3) is 2.84. The molecule has 0 N–H and O–H groups in total. The molecule has 0 aromatic carbocycles. The summed E-state index contributed by atoms with van der Waals surface area (Å²) in [7, 11) is 0. The number of aromatic nitrogens is 2. The molecular weight excluding hydrogens is 330 g/mol. The minimum atomic E-state index is 0.128. The number of pyridine rings is 1. The predicted octanol–water partition coefficient (Wildman–Crippen LogP) is 3.68. The number of nitrogens with zero attached hydrogens (tertiary/aromatic N) is 3. The first kappa shape index (κ1) is 14.6. The van der Waals surface area contributed by atoms with Gasteiger partial charge in [0.1, 0.15) is 11.3 Å². The first-order valence-electron chi connectivity index (χ1n) is 7.66. The van der Waals surface area contributed by atoms with Crippen LogP contribution in [0.3, 0.4) is 0 Å². The van der Waals surface area contributed by atoms with Crippen LogP contribution in [0.5, 0.6) is 0 Å². The topological polar surface area (TPSA) is 37.6 Å². The van der Waals surface area contributed by atoms with Gasteiger partial charge in [0, 0.05) is 23.8 Å². The van der Waals surface area contributed by atoms with E-state index in [4.69, 9.17) is 0 Å². The van der Waals surface area contributed by atoms with Gasteiger partial charge in [-0.15, -0.1) is 0 Å². The van der Waals surface area contributed by atoms with Gasteiger partial charge < -0.3 is 4.90 Å². The molecule has 3 rings (SSSR count).